The number of aromatic nitrogens is 3. The van der Waals surface area contributed by atoms with Gasteiger partial charge in [0, 0.05) is 23.6 Å². The Balaban J connectivity index is 1.48. The Morgan fingerprint density at radius 2 is 1.74 bits per heavy atom. The molecule has 164 valence electrons. The maximum absolute atomic E-state index is 9.34. The van der Waals surface area contributed by atoms with Crippen LogP contribution in [0.1, 0.15) is 23.4 Å². The Morgan fingerprint density at radius 3 is 2.48 bits per heavy atom. The number of benzene rings is 2. The molecule has 0 aliphatic carbocycles. The molecule has 6 nitrogen and oxygen atoms in total. The van der Waals surface area contributed by atoms with E-state index in [4.69, 9.17) is 34.8 Å². The molecule has 0 unspecified atom stereocenters. The maximum Gasteiger partial charge on any atom is 0.229 e. The van der Waals surface area contributed by atoms with Crippen molar-refractivity contribution in [3.05, 3.63) is 74.7 Å². The maximum atomic E-state index is 9.34. The van der Waals surface area contributed by atoms with Crippen LogP contribution in [0.15, 0.2) is 42.5 Å². The Labute approximate surface area is 197 Å². The number of nitrogens with one attached hydrogen (secondary N) is 1. The van der Waals surface area contributed by atoms with E-state index in [-0.39, 0.29) is 11.0 Å². The second-order valence-corrected chi connectivity index (χ2v) is 8.36. The normalized spacial score (nSPS) is 11.0. The van der Waals surface area contributed by atoms with Gasteiger partial charge in [0.25, 0.3) is 0 Å². The molecule has 0 aliphatic rings. The fourth-order valence-electron chi connectivity index (χ4n) is 3.06. The first-order valence-corrected chi connectivity index (χ1v) is 11.1. The summed E-state index contributed by atoms with van der Waals surface area (Å²) in [6.07, 6.45) is 2.53. The number of hydrogen-bond acceptors (Lipinski definition) is 6. The van der Waals surface area contributed by atoms with Crippen LogP contribution >= 0.6 is 34.8 Å². The van der Waals surface area contributed by atoms with Crippen LogP contribution in [0.3, 0.4) is 0 Å². The van der Waals surface area contributed by atoms with Gasteiger partial charge in [-0.1, -0.05) is 41.4 Å². The molecule has 2 N–H and O–H groups in total. The summed E-state index contributed by atoms with van der Waals surface area (Å²) in [5, 5.41) is 14.1. The van der Waals surface area contributed by atoms with E-state index < -0.39 is 0 Å². The summed E-state index contributed by atoms with van der Waals surface area (Å²) in [7, 11) is 1.93. The summed E-state index contributed by atoms with van der Waals surface area (Å²) >= 11 is 18.3. The highest BCUT2D eigenvalue weighted by Gasteiger charge is 2.10. The van der Waals surface area contributed by atoms with Gasteiger partial charge in [0.2, 0.25) is 11.2 Å². The number of phenols is 1. The van der Waals surface area contributed by atoms with Crippen molar-refractivity contribution in [1.29, 1.82) is 0 Å². The molecular weight excluding hydrogens is 457 g/mol. The highest BCUT2D eigenvalue weighted by Crippen LogP contribution is 2.22. The zero-order chi connectivity index (χ0) is 22.2. The van der Waals surface area contributed by atoms with Crippen LogP contribution < -0.4 is 10.2 Å². The number of rotatable bonds is 10. The molecule has 1 heterocycles. The van der Waals surface area contributed by atoms with E-state index in [0.717, 1.165) is 43.5 Å². The third kappa shape index (κ3) is 7.51. The molecule has 0 bridgehead atoms. The first-order valence-electron chi connectivity index (χ1n) is 9.95. The largest absolute Gasteiger partial charge is 0.508 e. The summed E-state index contributed by atoms with van der Waals surface area (Å²) in [6.45, 7) is 1.98. The lowest BCUT2D eigenvalue weighted by atomic mass is 10.1. The van der Waals surface area contributed by atoms with E-state index >= 15 is 0 Å². The second-order valence-electron chi connectivity index (χ2n) is 7.17. The van der Waals surface area contributed by atoms with E-state index in [9.17, 15) is 5.11 Å². The lowest BCUT2D eigenvalue weighted by Crippen LogP contribution is -2.24. The molecule has 3 rings (SSSR count). The van der Waals surface area contributed by atoms with Gasteiger partial charge in [0.05, 0.1) is 6.54 Å². The number of aryl methyl sites for hydroxylation is 1. The second kappa shape index (κ2) is 11.5. The highest BCUT2D eigenvalue weighted by atomic mass is 35.5. The van der Waals surface area contributed by atoms with Crippen molar-refractivity contribution in [1.82, 2.24) is 20.3 Å². The van der Waals surface area contributed by atoms with Gasteiger partial charge < -0.3 is 15.3 Å². The van der Waals surface area contributed by atoms with Crippen molar-refractivity contribution in [3.8, 4) is 5.75 Å². The monoisotopic (exact) mass is 479 g/mol. The number of nitrogens with zero attached hydrogens (tertiary/aromatic N) is 4. The SMILES string of the molecule is CN(CCCc1ccc(Cl)cc1Cl)c1nc(Cl)nc(CNCCc2ccc(O)cc2)n1. The first kappa shape index (κ1) is 23.5. The van der Waals surface area contributed by atoms with Crippen LogP contribution in [-0.4, -0.2) is 40.2 Å². The van der Waals surface area contributed by atoms with E-state index in [1.165, 1.54) is 0 Å². The van der Waals surface area contributed by atoms with E-state index in [0.29, 0.717) is 28.4 Å². The van der Waals surface area contributed by atoms with Crippen LogP contribution in [0.2, 0.25) is 15.3 Å². The third-order valence-corrected chi connectivity index (χ3v) is 5.50. The number of aromatic hydroxyl groups is 1. The molecule has 0 amide bonds. The molecule has 3 aromatic rings. The predicted octanol–water partition coefficient (Wildman–Crippen LogP) is 4.94. The summed E-state index contributed by atoms with van der Waals surface area (Å²) in [6, 6.07) is 12.7. The van der Waals surface area contributed by atoms with E-state index in [1.807, 2.05) is 36.2 Å². The van der Waals surface area contributed by atoms with Gasteiger partial charge in [-0.05, 0) is 72.8 Å². The summed E-state index contributed by atoms with van der Waals surface area (Å²) < 4.78 is 0. The van der Waals surface area contributed by atoms with E-state index in [1.54, 1.807) is 18.2 Å². The van der Waals surface area contributed by atoms with Crippen molar-refractivity contribution >= 4 is 40.8 Å². The zero-order valence-electron chi connectivity index (χ0n) is 17.2. The van der Waals surface area contributed by atoms with Gasteiger partial charge >= 0.3 is 0 Å². The molecule has 0 spiro atoms. The Bertz CT molecular complexity index is 1000. The third-order valence-electron chi connectivity index (χ3n) is 4.75. The van der Waals surface area contributed by atoms with Crippen LogP contribution in [0.4, 0.5) is 5.95 Å². The zero-order valence-corrected chi connectivity index (χ0v) is 19.4. The Kier molecular flexibility index (Phi) is 8.72. The molecule has 0 fully saturated rings. The van der Waals surface area contributed by atoms with Crippen molar-refractivity contribution in [3.63, 3.8) is 0 Å². The predicted molar refractivity (Wildman–Crippen MR) is 126 cm³/mol. The van der Waals surface area contributed by atoms with Crippen LogP contribution in [0, 0.1) is 0 Å². The van der Waals surface area contributed by atoms with Gasteiger partial charge in [-0.3, -0.25) is 0 Å². The lowest BCUT2D eigenvalue weighted by Gasteiger charge is -2.18. The molecule has 0 aliphatic heterocycles. The highest BCUT2D eigenvalue weighted by molar-refractivity contribution is 6.35. The molecule has 0 atom stereocenters. The molecular formula is C22H24Cl3N5O. The van der Waals surface area contributed by atoms with Gasteiger partial charge in [-0.2, -0.15) is 9.97 Å². The first-order chi connectivity index (χ1) is 14.9. The van der Waals surface area contributed by atoms with Crippen molar-refractivity contribution in [2.24, 2.45) is 0 Å². The Hall–Kier alpha value is -2.12. The number of anilines is 1. The minimum absolute atomic E-state index is 0.174. The van der Waals surface area contributed by atoms with Crippen molar-refractivity contribution in [2.75, 3.05) is 25.0 Å². The molecule has 0 saturated heterocycles. The minimum Gasteiger partial charge on any atom is -0.508 e. The molecule has 9 heteroatoms. The quantitative estimate of drug-likeness (QED) is 0.400. The van der Waals surface area contributed by atoms with Gasteiger partial charge in [0.15, 0.2) is 0 Å². The van der Waals surface area contributed by atoms with Crippen LogP contribution in [0.25, 0.3) is 0 Å². The number of hydrogen-bond donors (Lipinski definition) is 2. The van der Waals surface area contributed by atoms with Gasteiger partial charge in [-0.25, -0.2) is 4.98 Å². The minimum atomic E-state index is 0.174. The number of halogens is 3. The lowest BCUT2D eigenvalue weighted by molar-refractivity contribution is 0.475. The molecule has 1 aromatic heterocycles. The number of phenolic OH excluding ortho intramolecular Hbond substituents is 1. The average Bonchev–Trinajstić information content (AvgIpc) is 2.73. The average molecular weight is 481 g/mol. The van der Waals surface area contributed by atoms with Crippen molar-refractivity contribution in [2.45, 2.75) is 25.8 Å². The smallest absolute Gasteiger partial charge is 0.229 e. The van der Waals surface area contributed by atoms with Gasteiger partial charge in [0.1, 0.15) is 11.6 Å². The Morgan fingerprint density at radius 1 is 0.968 bits per heavy atom. The van der Waals surface area contributed by atoms with Crippen LogP contribution in [-0.2, 0) is 19.4 Å². The van der Waals surface area contributed by atoms with Crippen molar-refractivity contribution < 1.29 is 5.11 Å². The van der Waals surface area contributed by atoms with E-state index in [2.05, 4.69) is 20.3 Å². The molecule has 31 heavy (non-hydrogen) atoms. The standard InChI is InChI=1S/C22H24Cl3N5O/c1-30(12-2-3-16-6-7-17(23)13-19(16)24)22-28-20(27-21(25)29-22)14-26-11-10-15-4-8-18(31)9-5-15/h4-9,13,26,31H,2-3,10-12,14H2,1H3. The molecule has 0 saturated carbocycles. The van der Waals surface area contributed by atoms with Gasteiger partial charge in [-0.15, -0.1) is 0 Å². The molecule has 0 radical (unpaired) electrons. The fourth-order valence-corrected chi connectivity index (χ4v) is 3.73. The molecule has 2 aromatic carbocycles. The summed E-state index contributed by atoms with van der Waals surface area (Å²) in [5.74, 6) is 1.40. The van der Waals surface area contributed by atoms with Crippen LogP contribution in [0.5, 0.6) is 5.75 Å². The fraction of sp³-hybridized carbons (Fsp3) is 0.318. The summed E-state index contributed by atoms with van der Waals surface area (Å²) in [5.41, 5.74) is 2.20. The summed E-state index contributed by atoms with van der Waals surface area (Å²) in [4.78, 5) is 14.9. The topological polar surface area (TPSA) is 74.2 Å².